The van der Waals surface area contributed by atoms with Crippen LogP contribution in [0.5, 0.6) is 0 Å². The van der Waals surface area contributed by atoms with Crippen LogP contribution >= 0.6 is 0 Å². The second-order valence-electron chi connectivity index (χ2n) is 5.06. The third kappa shape index (κ3) is 2.67. The summed E-state index contributed by atoms with van der Waals surface area (Å²) in [4.78, 5) is 4.26. The number of hydrogen-bond acceptors (Lipinski definition) is 1. The summed E-state index contributed by atoms with van der Waals surface area (Å²) in [6, 6.07) is 0. The molecule has 4 heteroatoms. The molecule has 0 amide bonds. The lowest BCUT2D eigenvalue weighted by atomic mass is 10.0. The number of alkyl halides is 2. The van der Waals surface area contributed by atoms with Gasteiger partial charge in [0.05, 0.1) is 0 Å². The van der Waals surface area contributed by atoms with E-state index >= 15 is 0 Å². The van der Waals surface area contributed by atoms with Crippen molar-refractivity contribution in [2.45, 2.75) is 51.5 Å². The van der Waals surface area contributed by atoms with Gasteiger partial charge in [-0.1, -0.05) is 13.8 Å². The summed E-state index contributed by atoms with van der Waals surface area (Å²) in [7, 11) is 0. The topological polar surface area (TPSA) is 17.8 Å². The second-order valence-corrected chi connectivity index (χ2v) is 5.06. The van der Waals surface area contributed by atoms with E-state index in [4.69, 9.17) is 0 Å². The minimum Gasteiger partial charge on any atom is -0.335 e. The highest BCUT2D eigenvalue weighted by Crippen LogP contribution is 2.41. The summed E-state index contributed by atoms with van der Waals surface area (Å²) in [5.74, 6) is -1.76. The largest absolute Gasteiger partial charge is 0.335 e. The molecule has 1 aromatic heterocycles. The monoisotopic (exact) mass is 241 g/mol. The SMILES string of the molecule is CC(C)c1nccn1CC[C@H]1[CH]CCC1(F)F. The van der Waals surface area contributed by atoms with Gasteiger partial charge in [-0.05, 0) is 19.3 Å². The second kappa shape index (κ2) is 4.75. The van der Waals surface area contributed by atoms with Gasteiger partial charge in [-0.2, -0.15) is 0 Å². The Labute approximate surface area is 101 Å². The molecule has 95 valence electrons. The van der Waals surface area contributed by atoms with E-state index < -0.39 is 11.8 Å². The molecule has 1 atom stereocenters. The highest BCUT2D eigenvalue weighted by Gasteiger charge is 2.43. The van der Waals surface area contributed by atoms with Crippen LogP contribution in [0, 0.1) is 12.3 Å². The Morgan fingerprint density at radius 1 is 1.53 bits per heavy atom. The van der Waals surface area contributed by atoms with Gasteiger partial charge in [0.2, 0.25) is 0 Å². The van der Waals surface area contributed by atoms with Crippen LogP contribution < -0.4 is 0 Å². The summed E-state index contributed by atoms with van der Waals surface area (Å²) >= 11 is 0. The standard InChI is InChI=1S/C13H19F2N2/c1-10(2)12-16-7-9-17(12)8-5-11-4-3-6-13(11,14)15/h4,7,9-11H,3,5-6,8H2,1-2H3/t11-/m1/s1. The molecule has 1 aliphatic carbocycles. The molecule has 0 N–H and O–H groups in total. The molecular weight excluding hydrogens is 222 g/mol. The smallest absolute Gasteiger partial charge is 0.251 e. The minimum absolute atomic E-state index is 0.0125. The summed E-state index contributed by atoms with van der Waals surface area (Å²) < 4.78 is 28.9. The van der Waals surface area contributed by atoms with Gasteiger partial charge in [-0.15, -0.1) is 0 Å². The van der Waals surface area contributed by atoms with Crippen molar-refractivity contribution in [3.8, 4) is 0 Å². The molecule has 1 radical (unpaired) electrons. The van der Waals surface area contributed by atoms with Gasteiger partial charge in [0, 0.05) is 37.2 Å². The number of imidazole rings is 1. The Bertz CT molecular complexity index is 371. The van der Waals surface area contributed by atoms with Crippen molar-refractivity contribution in [1.82, 2.24) is 9.55 Å². The summed E-state index contributed by atoms with van der Waals surface area (Å²) in [6.45, 7) is 4.76. The van der Waals surface area contributed by atoms with Gasteiger partial charge in [0.25, 0.3) is 5.92 Å². The molecule has 1 fully saturated rings. The Morgan fingerprint density at radius 2 is 2.29 bits per heavy atom. The van der Waals surface area contributed by atoms with Crippen LogP contribution in [0.4, 0.5) is 8.78 Å². The third-order valence-electron chi connectivity index (χ3n) is 3.42. The van der Waals surface area contributed by atoms with Crippen LogP contribution in [0.25, 0.3) is 0 Å². The molecule has 2 nitrogen and oxygen atoms in total. The maximum atomic E-state index is 13.4. The zero-order valence-electron chi connectivity index (χ0n) is 10.4. The normalized spacial score (nSPS) is 23.5. The van der Waals surface area contributed by atoms with Crippen LogP contribution in [0.1, 0.15) is 44.9 Å². The Kier molecular flexibility index (Phi) is 3.50. The lowest BCUT2D eigenvalue weighted by molar-refractivity contribution is -0.0340. The van der Waals surface area contributed by atoms with E-state index in [9.17, 15) is 8.78 Å². The Balaban J connectivity index is 1.96. The summed E-state index contributed by atoms with van der Waals surface area (Å²) in [6.07, 6.45) is 6.45. The van der Waals surface area contributed by atoms with Crippen LogP contribution in [-0.2, 0) is 6.54 Å². The van der Waals surface area contributed by atoms with Crippen LogP contribution in [-0.4, -0.2) is 15.5 Å². The molecule has 0 aromatic carbocycles. The number of aryl methyl sites for hydroxylation is 1. The first-order valence-corrected chi connectivity index (χ1v) is 6.23. The van der Waals surface area contributed by atoms with Gasteiger partial charge in [-0.3, -0.25) is 0 Å². The van der Waals surface area contributed by atoms with E-state index in [1.54, 1.807) is 12.6 Å². The quantitative estimate of drug-likeness (QED) is 0.786. The first kappa shape index (κ1) is 12.5. The van der Waals surface area contributed by atoms with Crippen LogP contribution in [0.3, 0.4) is 0 Å². The lowest BCUT2D eigenvalue weighted by Crippen LogP contribution is -2.23. The molecule has 0 aliphatic heterocycles. The van der Waals surface area contributed by atoms with E-state index in [2.05, 4.69) is 18.8 Å². The molecule has 1 saturated carbocycles. The number of halogens is 2. The predicted octanol–water partition coefficient (Wildman–Crippen LogP) is 3.65. The highest BCUT2D eigenvalue weighted by atomic mass is 19.3. The van der Waals surface area contributed by atoms with Gasteiger partial charge in [0.15, 0.2) is 0 Å². The van der Waals surface area contributed by atoms with Crippen molar-refractivity contribution < 1.29 is 8.78 Å². The van der Waals surface area contributed by atoms with Crippen molar-refractivity contribution in [3.63, 3.8) is 0 Å². The molecule has 1 aromatic rings. The van der Waals surface area contributed by atoms with Gasteiger partial charge >= 0.3 is 0 Å². The molecule has 2 rings (SSSR count). The molecule has 17 heavy (non-hydrogen) atoms. The van der Waals surface area contributed by atoms with E-state index in [1.807, 2.05) is 10.8 Å². The van der Waals surface area contributed by atoms with Crippen molar-refractivity contribution in [1.29, 1.82) is 0 Å². The van der Waals surface area contributed by atoms with Crippen LogP contribution in [0.2, 0.25) is 0 Å². The van der Waals surface area contributed by atoms with E-state index in [1.165, 1.54) is 0 Å². The molecular formula is C13H19F2N2. The maximum Gasteiger partial charge on any atom is 0.251 e. The number of rotatable bonds is 4. The fourth-order valence-electron chi connectivity index (χ4n) is 2.45. The fraction of sp³-hybridized carbons (Fsp3) is 0.692. The first-order valence-electron chi connectivity index (χ1n) is 6.23. The zero-order chi connectivity index (χ0) is 12.5. The van der Waals surface area contributed by atoms with Crippen molar-refractivity contribution in [2.75, 3.05) is 0 Å². The van der Waals surface area contributed by atoms with E-state index in [0.717, 1.165) is 5.82 Å². The predicted molar refractivity (Wildman–Crippen MR) is 62.9 cm³/mol. The van der Waals surface area contributed by atoms with Gasteiger partial charge < -0.3 is 4.57 Å². The Hall–Kier alpha value is -0.930. The number of hydrogen-bond donors (Lipinski definition) is 0. The molecule has 0 bridgehead atoms. The molecule has 1 heterocycles. The Morgan fingerprint density at radius 3 is 2.88 bits per heavy atom. The molecule has 0 saturated heterocycles. The number of aromatic nitrogens is 2. The minimum atomic E-state index is -2.50. The van der Waals surface area contributed by atoms with Crippen molar-refractivity contribution in [2.24, 2.45) is 5.92 Å². The van der Waals surface area contributed by atoms with Crippen molar-refractivity contribution in [3.05, 3.63) is 24.6 Å². The average molecular weight is 241 g/mol. The first-order chi connectivity index (χ1) is 8.00. The third-order valence-corrected chi connectivity index (χ3v) is 3.42. The zero-order valence-corrected chi connectivity index (χ0v) is 10.4. The average Bonchev–Trinajstić information content (AvgIpc) is 2.81. The summed E-state index contributed by atoms with van der Waals surface area (Å²) in [5, 5.41) is 0. The maximum absolute atomic E-state index is 13.4. The highest BCUT2D eigenvalue weighted by molar-refractivity contribution is 4.99. The molecule has 0 unspecified atom stereocenters. The summed E-state index contributed by atoms with van der Waals surface area (Å²) in [5.41, 5.74) is 0. The van der Waals surface area contributed by atoms with Gasteiger partial charge in [0.1, 0.15) is 5.82 Å². The fourth-order valence-corrected chi connectivity index (χ4v) is 2.45. The molecule has 1 aliphatic rings. The number of nitrogens with zero attached hydrogens (tertiary/aromatic N) is 2. The molecule has 0 spiro atoms. The lowest BCUT2D eigenvalue weighted by Gasteiger charge is -2.19. The van der Waals surface area contributed by atoms with Crippen LogP contribution in [0.15, 0.2) is 12.4 Å². The van der Waals surface area contributed by atoms with Gasteiger partial charge in [-0.25, -0.2) is 13.8 Å². The van der Waals surface area contributed by atoms with Crippen molar-refractivity contribution >= 4 is 0 Å². The van der Waals surface area contributed by atoms with E-state index in [-0.39, 0.29) is 6.42 Å². The van der Waals surface area contributed by atoms with E-state index in [0.29, 0.717) is 25.3 Å².